The third kappa shape index (κ3) is 7.01. The highest BCUT2D eigenvalue weighted by atomic mass is 32.2. The van der Waals surface area contributed by atoms with Crippen molar-refractivity contribution in [1.82, 2.24) is 14.9 Å². The number of aromatic amines is 1. The Morgan fingerprint density at radius 2 is 1.82 bits per heavy atom. The first-order valence-electron chi connectivity index (χ1n) is 6.22. The number of imidazole rings is 1. The Balaban J connectivity index is 2.29. The van der Waals surface area contributed by atoms with Crippen LogP contribution in [0.1, 0.15) is 19.7 Å². The van der Waals surface area contributed by atoms with E-state index in [-0.39, 0.29) is 0 Å². The molecular formula is C12H23N3S2. The molecule has 0 radical (unpaired) electrons. The van der Waals surface area contributed by atoms with Crippen LogP contribution in [0.25, 0.3) is 0 Å². The van der Waals surface area contributed by atoms with Crippen LogP contribution in [0.5, 0.6) is 0 Å². The van der Waals surface area contributed by atoms with Crippen molar-refractivity contribution < 1.29 is 0 Å². The molecule has 0 aliphatic rings. The van der Waals surface area contributed by atoms with Crippen LogP contribution in [0, 0.1) is 0 Å². The molecule has 1 N–H and O–H groups in total. The van der Waals surface area contributed by atoms with Gasteiger partial charge < -0.3 is 4.98 Å². The van der Waals surface area contributed by atoms with E-state index in [9.17, 15) is 0 Å². The minimum atomic E-state index is 0.946. The molecule has 3 nitrogen and oxygen atoms in total. The fourth-order valence-electron chi connectivity index (χ4n) is 1.54. The molecule has 1 aromatic heterocycles. The van der Waals surface area contributed by atoms with Crippen LogP contribution in [0.4, 0.5) is 0 Å². The molecule has 98 valence electrons. The van der Waals surface area contributed by atoms with Crippen molar-refractivity contribution in [2.75, 3.05) is 36.1 Å². The van der Waals surface area contributed by atoms with Crippen LogP contribution >= 0.6 is 23.5 Å². The molecule has 0 aliphatic heterocycles. The Morgan fingerprint density at radius 1 is 1.18 bits per heavy atom. The first kappa shape index (κ1) is 14.9. The van der Waals surface area contributed by atoms with Gasteiger partial charge in [-0.15, -0.1) is 0 Å². The van der Waals surface area contributed by atoms with Gasteiger partial charge in [0.25, 0.3) is 0 Å². The fraction of sp³-hybridized carbons (Fsp3) is 0.750. The number of thioether (sulfide) groups is 2. The minimum absolute atomic E-state index is 0.946. The van der Waals surface area contributed by atoms with E-state index in [0.717, 1.165) is 25.5 Å². The average Bonchev–Trinajstić information content (AvgIpc) is 2.82. The number of nitrogens with zero attached hydrogens (tertiary/aromatic N) is 2. The zero-order valence-electron chi connectivity index (χ0n) is 10.8. The van der Waals surface area contributed by atoms with Crippen LogP contribution in [-0.4, -0.2) is 51.0 Å². The molecule has 1 rings (SSSR count). The minimum Gasteiger partial charge on any atom is -0.348 e. The molecule has 0 spiro atoms. The first-order chi connectivity index (χ1) is 8.36. The summed E-state index contributed by atoms with van der Waals surface area (Å²) in [6, 6.07) is 0. The molecule has 0 saturated heterocycles. The summed E-state index contributed by atoms with van der Waals surface area (Å²) >= 11 is 4.02. The van der Waals surface area contributed by atoms with Gasteiger partial charge in [0, 0.05) is 37.0 Å². The van der Waals surface area contributed by atoms with Gasteiger partial charge in [-0.05, 0) is 11.5 Å². The molecule has 0 aliphatic carbocycles. The van der Waals surface area contributed by atoms with Crippen molar-refractivity contribution in [3.63, 3.8) is 0 Å². The Morgan fingerprint density at radius 3 is 2.29 bits per heavy atom. The molecule has 1 aromatic rings. The third-order valence-electron chi connectivity index (χ3n) is 2.44. The van der Waals surface area contributed by atoms with Crippen LogP contribution in [0.2, 0.25) is 0 Å². The molecule has 5 heteroatoms. The second kappa shape index (κ2) is 9.85. The van der Waals surface area contributed by atoms with Crippen LogP contribution in [0.3, 0.4) is 0 Å². The molecule has 0 unspecified atom stereocenters. The Hall–Kier alpha value is -0.130. The molecule has 17 heavy (non-hydrogen) atoms. The second-order valence-corrected chi connectivity index (χ2v) is 6.49. The molecule has 0 aromatic carbocycles. The highest BCUT2D eigenvalue weighted by Gasteiger charge is 2.06. The summed E-state index contributed by atoms with van der Waals surface area (Å²) in [6.45, 7) is 7.69. The zero-order chi connectivity index (χ0) is 12.3. The van der Waals surface area contributed by atoms with Gasteiger partial charge in [0.15, 0.2) is 0 Å². The van der Waals surface area contributed by atoms with E-state index in [0.29, 0.717) is 0 Å². The van der Waals surface area contributed by atoms with Gasteiger partial charge in [0.2, 0.25) is 0 Å². The smallest absolute Gasteiger partial charge is 0.120 e. The van der Waals surface area contributed by atoms with E-state index in [1.54, 1.807) is 0 Å². The Labute approximate surface area is 113 Å². The predicted octanol–water partition coefficient (Wildman–Crippen LogP) is 2.72. The largest absolute Gasteiger partial charge is 0.348 e. The topological polar surface area (TPSA) is 31.9 Å². The maximum Gasteiger partial charge on any atom is 0.120 e. The summed E-state index contributed by atoms with van der Waals surface area (Å²) in [5, 5.41) is 0. The molecular weight excluding hydrogens is 250 g/mol. The highest BCUT2D eigenvalue weighted by Crippen LogP contribution is 2.06. The van der Waals surface area contributed by atoms with E-state index in [2.05, 4.69) is 28.7 Å². The van der Waals surface area contributed by atoms with Crippen LogP contribution in [-0.2, 0) is 6.54 Å². The number of rotatable bonds is 10. The number of nitrogens with one attached hydrogen (secondary N) is 1. The SMILES string of the molecule is CCSCCN(CCSCC)Cc1ncc[nH]1. The van der Waals surface area contributed by atoms with Gasteiger partial charge in [-0.3, -0.25) is 4.90 Å². The van der Waals surface area contributed by atoms with E-state index in [4.69, 9.17) is 0 Å². The molecule has 0 saturated carbocycles. The van der Waals surface area contributed by atoms with Crippen LogP contribution in [0.15, 0.2) is 12.4 Å². The molecule has 0 amide bonds. The van der Waals surface area contributed by atoms with E-state index in [1.165, 1.54) is 23.0 Å². The van der Waals surface area contributed by atoms with Crippen molar-refractivity contribution in [2.24, 2.45) is 0 Å². The fourth-order valence-corrected chi connectivity index (χ4v) is 2.89. The lowest BCUT2D eigenvalue weighted by molar-refractivity contribution is 0.294. The predicted molar refractivity (Wildman–Crippen MR) is 79.9 cm³/mol. The Kier molecular flexibility index (Phi) is 8.65. The van der Waals surface area contributed by atoms with Crippen molar-refractivity contribution in [3.05, 3.63) is 18.2 Å². The van der Waals surface area contributed by atoms with Crippen molar-refractivity contribution in [1.29, 1.82) is 0 Å². The van der Waals surface area contributed by atoms with Crippen molar-refractivity contribution in [3.8, 4) is 0 Å². The quantitative estimate of drug-likeness (QED) is 0.664. The number of hydrogen-bond acceptors (Lipinski definition) is 4. The number of hydrogen-bond donors (Lipinski definition) is 1. The summed E-state index contributed by atoms with van der Waals surface area (Å²) in [4.78, 5) is 9.97. The third-order valence-corrected chi connectivity index (χ3v) is 4.20. The summed E-state index contributed by atoms with van der Waals surface area (Å²) in [5.74, 6) is 5.92. The van der Waals surface area contributed by atoms with Gasteiger partial charge in [0.05, 0.1) is 6.54 Å². The molecule has 0 fully saturated rings. The normalized spacial score (nSPS) is 11.2. The summed E-state index contributed by atoms with van der Waals surface area (Å²) < 4.78 is 0. The van der Waals surface area contributed by atoms with Crippen molar-refractivity contribution in [2.45, 2.75) is 20.4 Å². The van der Waals surface area contributed by atoms with Gasteiger partial charge in [-0.1, -0.05) is 13.8 Å². The maximum absolute atomic E-state index is 4.30. The standard InChI is InChI=1S/C12H23N3S2/c1-3-16-9-7-15(8-10-17-4-2)11-12-13-5-6-14-12/h5-6H,3-4,7-11H2,1-2H3,(H,13,14). The van der Waals surface area contributed by atoms with Crippen LogP contribution < -0.4 is 0 Å². The summed E-state index contributed by atoms with van der Waals surface area (Å²) in [6.07, 6.45) is 3.73. The van der Waals surface area contributed by atoms with Crippen molar-refractivity contribution >= 4 is 23.5 Å². The lowest BCUT2D eigenvalue weighted by Crippen LogP contribution is -2.28. The molecule has 0 atom stereocenters. The average molecular weight is 273 g/mol. The van der Waals surface area contributed by atoms with Gasteiger partial charge in [-0.25, -0.2) is 4.98 Å². The second-order valence-electron chi connectivity index (χ2n) is 3.71. The first-order valence-corrected chi connectivity index (χ1v) is 8.53. The lowest BCUT2D eigenvalue weighted by Gasteiger charge is -2.20. The summed E-state index contributed by atoms with van der Waals surface area (Å²) in [5.41, 5.74) is 0. The zero-order valence-corrected chi connectivity index (χ0v) is 12.4. The highest BCUT2D eigenvalue weighted by molar-refractivity contribution is 7.99. The van der Waals surface area contributed by atoms with Gasteiger partial charge >= 0.3 is 0 Å². The maximum atomic E-state index is 4.30. The summed E-state index contributed by atoms with van der Waals surface area (Å²) in [7, 11) is 0. The monoisotopic (exact) mass is 273 g/mol. The van der Waals surface area contributed by atoms with E-state index >= 15 is 0 Å². The number of H-pyrrole nitrogens is 1. The van der Waals surface area contributed by atoms with E-state index < -0.39 is 0 Å². The Bertz CT molecular complexity index is 255. The molecule has 1 heterocycles. The van der Waals surface area contributed by atoms with Gasteiger partial charge in [0.1, 0.15) is 5.82 Å². The number of aromatic nitrogens is 2. The van der Waals surface area contributed by atoms with Gasteiger partial charge in [-0.2, -0.15) is 23.5 Å². The lowest BCUT2D eigenvalue weighted by atomic mass is 10.4. The van der Waals surface area contributed by atoms with E-state index in [1.807, 2.05) is 35.9 Å². The molecule has 0 bridgehead atoms.